The topological polar surface area (TPSA) is 38.9 Å². The third-order valence-electron chi connectivity index (χ3n) is 3.00. The molecule has 1 fully saturated rings. The number of pyridine rings is 1. The zero-order chi connectivity index (χ0) is 11.4. The minimum absolute atomic E-state index is 0.213. The fourth-order valence-electron chi connectivity index (χ4n) is 2.06. The Morgan fingerprint density at radius 3 is 3.12 bits per heavy atom. The van der Waals surface area contributed by atoms with Crippen molar-refractivity contribution in [1.82, 2.24) is 4.98 Å². The molecule has 1 saturated heterocycles. The maximum absolute atomic E-state index is 6.25. The minimum atomic E-state index is 0.213. The highest BCUT2D eigenvalue weighted by Crippen LogP contribution is 2.28. The Kier molecular flexibility index (Phi) is 4.50. The van der Waals surface area contributed by atoms with E-state index >= 15 is 0 Å². The van der Waals surface area contributed by atoms with Gasteiger partial charge in [-0.15, -0.1) is 0 Å². The lowest BCUT2D eigenvalue weighted by molar-refractivity contribution is 0.559. The summed E-state index contributed by atoms with van der Waals surface area (Å²) >= 11 is 8.10. The van der Waals surface area contributed by atoms with E-state index < -0.39 is 0 Å². The van der Waals surface area contributed by atoms with Gasteiger partial charge in [0, 0.05) is 23.7 Å². The fraction of sp³-hybridized carbons (Fsp3) is 0.583. The van der Waals surface area contributed by atoms with Crippen LogP contribution in [0.25, 0.3) is 0 Å². The van der Waals surface area contributed by atoms with Crippen LogP contribution in [0.5, 0.6) is 0 Å². The number of halogens is 1. The van der Waals surface area contributed by atoms with Gasteiger partial charge in [-0.05, 0) is 36.6 Å². The van der Waals surface area contributed by atoms with Crippen molar-refractivity contribution in [1.29, 1.82) is 0 Å². The molecule has 1 aliphatic rings. The van der Waals surface area contributed by atoms with Crippen LogP contribution in [0.2, 0.25) is 5.02 Å². The van der Waals surface area contributed by atoms with Crippen LogP contribution in [0.15, 0.2) is 18.5 Å². The molecule has 1 aromatic rings. The first-order valence-electron chi connectivity index (χ1n) is 5.73. The Labute approximate surface area is 106 Å². The van der Waals surface area contributed by atoms with Gasteiger partial charge in [0.05, 0.1) is 5.02 Å². The smallest absolute Gasteiger partial charge is 0.0621 e. The van der Waals surface area contributed by atoms with Gasteiger partial charge in [0.1, 0.15) is 0 Å². The summed E-state index contributed by atoms with van der Waals surface area (Å²) in [7, 11) is 0. The van der Waals surface area contributed by atoms with Gasteiger partial charge in [-0.25, -0.2) is 0 Å². The van der Waals surface area contributed by atoms with Crippen LogP contribution in [-0.2, 0) is 6.42 Å². The van der Waals surface area contributed by atoms with Crippen LogP contribution in [0.1, 0.15) is 24.8 Å². The van der Waals surface area contributed by atoms with Crippen LogP contribution < -0.4 is 5.73 Å². The molecule has 88 valence electrons. The van der Waals surface area contributed by atoms with E-state index in [0.717, 1.165) is 17.0 Å². The quantitative estimate of drug-likeness (QED) is 0.904. The molecule has 16 heavy (non-hydrogen) atoms. The van der Waals surface area contributed by atoms with Crippen molar-refractivity contribution in [3.05, 3.63) is 29.0 Å². The van der Waals surface area contributed by atoms with Crippen molar-refractivity contribution in [2.24, 2.45) is 5.73 Å². The summed E-state index contributed by atoms with van der Waals surface area (Å²) < 4.78 is 0. The van der Waals surface area contributed by atoms with E-state index in [1.165, 1.54) is 25.0 Å². The van der Waals surface area contributed by atoms with Crippen molar-refractivity contribution in [2.45, 2.75) is 37.0 Å². The van der Waals surface area contributed by atoms with Crippen molar-refractivity contribution in [3.8, 4) is 0 Å². The fourth-order valence-corrected chi connectivity index (χ4v) is 3.61. The highest BCUT2D eigenvalue weighted by molar-refractivity contribution is 8.00. The summed E-state index contributed by atoms with van der Waals surface area (Å²) in [5.74, 6) is 1.25. The SMILES string of the molecule is NC(Cc1ccncc1Cl)C1CCCCS1. The molecule has 2 heterocycles. The molecule has 0 aromatic carbocycles. The van der Waals surface area contributed by atoms with Gasteiger partial charge in [0.2, 0.25) is 0 Å². The Morgan fingerprint density at radius 2 is 2.44 bits per heavy atom. The van der Waals surface area contributed by atoms with E-state index in [1.54, 1.807) is 12.4 Å². The molecule has 4 heteroatoms. The molecule has 0 saturated carbocycles. The van der Waals surface area contributed by atoms with Gasteiger partial charge < -0.3 is 5.73 Å². The highest BCUT2D eigenvalue weighted by Gasteiger charge is 2.21. The number of hydrogen-bond acceptors (Lipinski definition) is 3. The summed E-state index contributed by atoms with van der Waals surface area (Å²) in [6, 6.07) is 2.18. The molecule has 0 bridgehead atoms. The van der Waals surface area contributed by atoms with Crippen LogP contribution in [0, 0.1) is 0 Å². The van der Waals surface area contributed by atoms with Gasteiger partial charge >= 0.3 is 0 Å². The van der Waals surface area contributed by atoms with Crippen molar-refractivity contribution >= 4 is 23.4 Å². The van der Waals surface area contributed by atoms with Gasteiger partial charge in [0.25, 0.3) is 0 Å². The molecule has 2 unspecified atom stereocenters. The summed E-state index contributed by atoms with van der Waals surface area (Å²) in [6.45, 7) is 0. The molecule has 0 spiro atoms. The minimum Gasteiger partial charge on any atom is -0.326 e. The first kappa shape index (κ1) is 12.2. The Hall–Kier alpha value is -0.250. The zero-order valence-corrected chi connectivity index (χ0v) is 10.8. The molecule has 1 aliphatic heterocycles. The molecule has 0 amide bonds. The molecule has 1 aromatic heterocycles. The van der Waals surface area contributed by atoms with Crippen molar-refractivity contribution in [3.63, 3.8) is 0 Å². The van der Waals surface area contributed by atoms with Crippen molar-refractivity contribution in [2.75, 3.05) is 5.75 Å². The standard InChI is InChI=1S/C12H17ClN2S/c13-10-8-15-5-4-9(10)7-11(14)12-3-1-2-6-16-12/h4-5,8,11-12H,1-3,6-7,14H2. The summed E-state index contributed by atoms with van der Waals surface area (Å²) in [5.41, 5.74) is 7.37. The molecular weight excluding hydrogens is 240 g/mol. The lowest BCUT2D eigenvalue weighted by atomic mass is 10.0. The molecule has 2 N–H and O–H groups in total. The second kappa shape index (κ2) is 5.89. The number of rotatable bonds is 3. The van der Waals surface area contributed by atoms with Crippen molar-refractivity contribution < 1.29 is 0 Å². The van der Waals surface area contributed by atoms with E-state index in [-0.39, 0.29) is 6.04 Å². The maximum Gasteiger partial charge on any atom is 0.0621 e. The van der Waals surface area contributed by atoms with Crippen LogP contribution in [-0.4, -0.2) is 22.0 Å². The zero-order valence-electron chi connectivity index (χ0n) is 9.23. The highest BCUT2D eigenvalue weighted by atomic mass is 35.5. The summed E-state index contributed by atoms with van der Waals surface area (Å²) in [5, 5.41) is 1.33. The van der Waals surface area contributed by atoms with E-state index in [1.807, 2.05) is 17.8 Å². The summed E-state index contributed by atoms with van der Waals surface area (Å²) in [4.78, 5) is 3.99. The first-order chi connectivity index (χ1) is 7.77. The van der Waals surface area contributed by atoms with Crippen LogP contribution in [0.4, 0.5) is 0 Å². The number of thioether (sulfide) groups is 1. The van der Waals surface area contributed by atoms with E-state index in [4.69, 9.17) is 17.3 Å². The molecule has 0 radical (unpaired) electrons. The second-order valence-electron chi connectivity index (χ2n) is 4.24. The largest absolute Gasteiger partial charge is 0.326 e. The van der Waals surface area contributed by atoms with Gasteiger partial charge in [-0.1, -0.05) is 18.0 Å². The predicted octanol–water partition coefficient (Wildman–Crippen LogP) is 2.89. The van der Waals surface area contributed by atoms with E-state index in [9.17, 15) is 0 Å². The third kappa shape index (κ3) is 3.12. The van der Waals surface area contributed by atoms with E-state index in [2.05, 4.69) is 4.98 Å². The van der Waals surface area contributed by atoms with E-state index in [0.29, 0.717) is 5.25 Å². The Bertz CT molecular complexity index is 340. The molecule has 2 nitrogen and oxygen atoms in total. The van der Waals surface area contributed by atoms with Crippen LogP contribution >= 0.6 is 23.4 Å². The maximum atomic E-state index is 6.25. The third-order valence-corrected chi connectivity index (χ3v) is 4.88. The lowest BCUT2D eigenvalue weighted by Crippen LogP contribution is -2.36. The summed E-state index contributed by atoms with van der Waals surface area (Å²) in [6.07, 6.45) is 8.23. The molecule has 2 atom stereocenters. The number of aromatic nitrogens is 1. The predicted molar refractivity (Wildman–Crippen MR) is 71.0 cm³/mol. The number of hydrogen-bond donors (Lipinski definition) is 1. The second-order valence-corrected chi connectivity index (χ2v) is 5.99. The Balaban J connectivity index is 1.96. The number of nitrogens with two attached hydrogens (primary N) is 1. The molecule has 2 rings (SSSR count). The molecular formula is C12H17ClN2S. The van der Waals surface area contributed by atoms with Gasteiger partial charge in [0.15, 0.2) is 0 Å². The first-order valence-corrected chi connectivity index (χ1v) is 7.15. The Morgan fingerprint density at radius 1 is 1.56 bits per heavy atom. The molecule has 0 aliphatic carbocycles. The lowest BCUT2D eigenvalue weighted by Gasteiger charge is -2.27. The monoisotopic (exact) mass is 256 g/mol. The number of nitrogens with zero attached hydrogens (tertiary/aromatic N) is 1. The average molecular weight is 257 g/mol. The van der Waals surface area contributed by atoms with Crippen LogP contribution in [0.3, 0.4) is 0 Å². The average Bonchev–Trinajstić information content (AvgIpc) is 2.33. The van der Waals surface area contributed by atoms with Gasteiger partial charge in [-0.3, -0.25) is 4.98 Å². The normalized spacial score (nSPS) is 23.0. The van der Waals surface area contributed by atoms with Gasteiger partial charge in [-0.2, -0.15) is 11.8 Å².